The number of benzene rings is 1. The van der Waals surface area contributed by atoms with E-state index in [-0.39, 0.29) is 5.56 Å². The van der Waals surface area contributed by atoms with E-state index in [2.05, 4.69) is 26.0 Å². The van der Waals surface area contributed by atoms with Crippen LogP contribution in [0.2, 0.25) is 0 Å². The number of aromatic carboxylic acids is 1. The lowest BCUT2D eigenvalue weighted by atomic mass is 10.3. The van der Waals surface area contributed by atoms with Gasteiger partial charge >= 0.3 is 5.97 Å². The van der Waals surface area contributed by atoms with Crippen LogP contribution in [0.25, 0.3) is 16.7 Å². The summed E-state index contributed by atoms with van der Waals surface area (Å²) in [6.07, 6.45) is 1.25. The molecular formula is C10H5BrFN3O2. The molecule has 0 fully saturated rings. The molecule has 0 spiro atoms. The summed E-state index contributed by atoms with van der Waals surface area (Å²) >= 11 is 3.23. The van der Waals surface area contributed by atoms with Gasteiger partial charge < -0.3 is 10.1 Å². The molecule has 0 unspecified atom stereocenters. The van der Waals surface area contributed by atoms with Crippen LogP contribution < -0.4 is 0 Å². The molecule has 3 aromatic rings. The van der Waals surface area contributed by atoms with E-state index in [0.29, 0.717) is 21.2 Å². The number of hydrogen-bond donors (Lipinski definition) is 2. The molecule has 0 bridgehead atoms. The molecule has 17 heavy (non-hydrogen) atoms. The smallest absolute Gasteiger partial charge is 0.341 e. The van der Waals surface area contributed by atoms with Gasteiger partial charge in [-0.3, -0.25) is 0 Å². The van der Waals surface area contributed by atoms with Gasteiger partial charge in [0.2, 0.25) is 0 Å². The van der Waals surface area contributed by atoms with Crippen molar-refractivity contribution in [3.63, 3.8) is 0 Å². The number of halogens is 2. The number of aromatic nitrogens is 3. The lowest BCUT2D eigenvalue weighted by Crippen LogP contribution is -1.94. The average Bonchev–Trinajstić information content (AvgIpc) is 2.73. The highest BCUT2D eigenvalue weighted by Gasteiger charge is 2.17. The summed E-state index contributed by atoms with van der Waals surface area (Å²) in [5.41, 5.74) is 1.48. The number of imidazole rings is 1. The summed E-state index contributed by atoms with van der Waals surface area (Å²) in [6, 6.07) is 2.60. The molecule has 0 aliphatic carbocycles. The van der Waals surface area contributed by atoms with E-state index in [1.54, 1.807) is 0 Å². The Morgan fingerprint density at radius 3 is 3.00 bits per heavy atom. The maximum absolute atomic E-state index is 13.2. The molecule has 7 heteroatoms. The normalized spacial score (nSPS) is 11.4. The number of carboxylic acids is 1. The van der Waals surface area contributed by atoms with Crippen LogP contribution in [-0.2, 0) is 0 Å². The van der Waals surface area contributed by atoms with E-state index in [9.17, 15) is 9.18 Å². The molecular weight excluding hydrogens is 293 g/mol. The monoisotopic (exact) mass is 297 g/mol. The van der Waals surface area contributed by atoms with Crippen molar-refractivity contribution >= 4 is 38.6 Å². The van der Waals surface area contributed by atoms with Gasteiger partial charge in [0.05, 0.1) is 11.7 Å². The molecule has 0 aliphatic rings. The fourth-order valence-electron chi connectivity index (χ4n) is 1.80. The zero-order valence-electron chi connectivity index (χ0n) is 8.24. The van der Waals surface area contributed by atoms with E-state index in [1.807, 2.05) is 0 Å². The molecule has 0 saturated heterocycles. The van der Waals surface area contributed by atoms with Crippen molar-refractivity contribution in [3.05, 3.63) is 34.2 Å². The first kappa shape index (κ1) is 10.3. The Kier molecular flexibility index (Phi) is 1.99. The number of H-pyrrole nitrogens is 1. The standard InChI is InChI=1S/C10H5BrFN3O2/c11-6-1-4(12)2-7-8(6)15-9(14-7)5(3-13-15)10(16)17/h1-3,14H,(H,16,17). The lowest BCUT2D eigenvalue weighted by molar-refractivity contribution is 0.0699. The quantitative estimate of drug-likeness (QED) is 0.725. The summed E-state index contributed by atoms with van der Waals surface area (Å²) in [4.78, 5) is 13.8. The Balaban J connectivity index is 2.51. The zero-order chi connectivity index (χ0) is 12.2. The molecule has 2 aromatic heterocycles. The largest absolute Gasteiger partial charge is 0.477 e. The fraction of sp³-hybridized carbons (Fsp3) is 0. The second kappa shape index (κ2) is 3.30. The molecule has 86 valence electrons. The maximum atomic E-state index is 13.2. The minimum Gasteiger partial charge on any atom is -0.477 e. The van der Waals surface area contributed by atoms with E-state index in [1.165, 1.54) is 22.8 Å². The number of aromatic amines is 1. The van der Waals surface area contributed by atoms with Crippen LogP contribution in [0, 0.1) is 5.82 Å². The number of fused-ring (bicyclic) bond motifs is 3. The predicted molar refractivity (Wildman–Crippen MR) is 61.7 cm³/mol. The number of carboxylic acid groups (broad SMARTS) is 1. The summed E-state index contributed by atoms with van der Waals surface area (Å²) in [5.74, 6) is -1.49. The second-order valence-corrected chi connectivity index (χ2v) is 4.39. The van der Waals surface area contributed by atoms with Crippen molar-refractivity contribution < 1.29 is 14.3 Å². The van der Waals surface area contributed by atoms with Crippen LogP contribution in [0.3, 0.4) is 0 Å². The van der Waals surface area contributed by atoms with Gasteiger partial charge in [-0.2, -0.15) is 5.10 Å². The van der Waals surface area contributed by atoms with Gasteiger partial charge in [0.15, 0.2) is 0 Å². The average molecular weight is 298 g/mol. The number of nitrogens with zero attached hydrogens (tertiary/aromatic N) is 2. The zero-order valence-corrected chi connectivity index (χ0v) is 9.82. The Hall–Kier alpha value is -1.89. The van der Waals surface area contributed by atoms with Crippen molar-refractivity contribution in [1.29, 1.82) is 0 Å². The van der Waals surface area contributed by atoms with Crippen molar-refractivity contribution in [2.75, 3.05) is 0 Å². The number of carbonyl (C=O) groups is 1. The van der Waals surface area contributed by atoms with Crippen LogP contribution in [0.15, 0.2) is 22.8 Å². The first-order valence-electron chi connectivity index (χ1n) is 4.65. The topological polar surface area (TPSA) is 70.4 Å². The number of nitrogens with one attached hydrogen (secondary N) is 1. The molecule has 0 atom stereocenters. The van der Waals surface area contributed by atoms with Crippen molar-refractivity contribution in [2.24, 2.45) is 0 Å². The fourth-order valence-corrected chi connectivity index (χ4v) is 2.40. The van der Waals surface area contributed by atoms with Gasteiger partial charge in [-0.15, -0.1) is 0 Å². The van der Waals surface area contributed by atoms with Crippen LogP contribution in [0.5, 0.6) is 0 Å². The summed E-state index contributed by atoms with van der Waals surface area (Å²) in [7, 11) is 0. The van der Waals surface area contributed by atoms with Gasteiger partial charge in [-0.05, 0) is 28.1 Å². The summed E-state index contributed by atoms with van der Waals surface area (Å²) in [6.45, 7) is 0. The third kappa shape index (κ3) is 1.35. The highest BCUT2D eigenvalue weighted by atomic mass is 79.9. The van der Waals surface area contributed by atoms with E-state index in [4.69, 9.17) is 5.11 Å². The lowest BCUT2D eigenvalue weighted by Gasteiger charge is -1.94. The van der Waals surface area contributed by atoms with E-state index >= 15 is 0 Å². The molecule has 2 N–H and O–H groups in total. The van der Waals surface area contributed by atoms with Gasteiger partial charge in [0.25, 0.3) is 0 Å². The molecule has 0 radical (unpaired) electrons. The number of hydrogen-bond acceptors (Lipinski definition) is 2. The second-order valence-electron chi connectivity index (χ2n) is 3.53. The molecule has 3 rings (SSSR count). The third-order valence-corrected chi connectivity index (χ3v) is 3.10. The van der Waals surface area contributed by atoms with Gasteiger partial charge in [0, 0.05) is 4.47 Å². The van der Waals surface area contributed by atoms with Gasteiger partial charge in [0.1, 0.15) is 22.5 Å². The molecule has 0 aliphatic heterocycles. The summed E-state index contributed by atoms with van der Waals surface area (Å²) in [5, 5.41) is 12.9. The Bertz CT molecular complexity index is 762. The SMILES string of the molecule is O=C(O)c1cnn2c1[nH]c1cc(F)cc(Br)c12. The number of rotatable bonds is 1. The maximum Gasteiger partial charge on any atom is 0.341 e. The minimum absolute atomic E-state index is 0.0495. The van der Waals surface area contributed by atoms with Gasteiger partial charge in [-0.1, -0.05) is 0 Å². The molecule has 1 aromatic carbocycles. The Morgan fingerprint density at radius 2 is 2.29 bits per heavy atom. The molecule has 0 saturated carbocycles. The van der Waals surface area contributed by atoms with Crippen molar-refractivity contribution in [2.45, 2.75) is 0 Å². The van der Waals surface area contributed by atoms with Crippen molar-refractivity contribution in [3.8, 4) is 0 Å². The van der Waals surface area contributed by atoms with Crippen LogP contribution in [0.4, 0.5) is 4.39 Å². The van der Waals surface area contributed by atoms with Crippen molar-refractivity contribution in [1.82, 2.24) is 14.6 Å². The Labute approximate surface area is 102 Å². The third-order valence-electron chi connectivity index (χ3n) is 2.49. The summed E-state index contributed by atoms with van der Waals surface area (Å²) < 4.78 is 15.1. The van der Waals surface area contributed by atoms with Crippen LogP contribution >= 0.6 is 15.9 Å². The highest BCUT2D eigenvalue weighted by Crippen LogP contribution is 2.27. The first-order valence-corrected chi connectivity index (χ1v) is 5.45. The van der Waals surface area contributed by atoms with Gasteiger partial charge in [-0.25, -0.2) is 13.7 Å². The van der Waals surface area contributed by atoms with Crippen LogP contribution in [-0.4, -0.2) is 25.7 Å². The Morgan fingerprint density at radius 1 is 1.53 bits per heavy atom. The first-order chi connectivity index (χ1) is 8.08. The molecule has 5 nitrogen and oxygen atoms in total. The van der Waals surface area contributed by atoms with E-state index in [0.717, 1.165) is 0 Å². The molecule has 2 heterocycles. The minimum atomic E-state index is -1.08. The molecule has 0 amide bonds. The van der Waals surface area contributed by atoms with Crippen LogP contribution in [0.1, 0.15) is 10.4 Å². The predicted octanol–water partition coefficient (Wildman–Crippen LogP) is 2.42. The van der Waals surface area contributed by atoms with E-state index < -0.39 is 11.8 Å². The highest BCUT2D eigenvalue weighted by molar-refractivity contribution is 9.10.